The minimum absolute atomic E-state index is 0.0397. The van der Waals surface area contributed by atoms with E-state index in [2.05, 4.69) is 0 Å². The molecule has 104 valence electrons. The lowest BCUT2D eigenvalue weighted by Crippen LogP contribution is -2.29. The van der Waals surface area contributed by atoms with Crippen LogP contribution in [0.15, 0.2) is 47.4 Å². The van der Waals surface area contributed by atoms with E-state index in [0.717, 1.165) is 11.6 Å². The fourth-order valence-electron chi connectivity index (χ4n) is 2.40. The highest BCUT2D eigenvalue weighted by Crippen LogP contribution is 2.34. The van der Waals surface area contributed by atoms with Crippen LogP contribution in [-0.4, -0.2) is 15.0 Å². The average molecular weight is 292 g/mol. The molecular weight excluding hydrogens is 279 g/mol. The molecule has 3 rings (SSSR count). The summed E-state index contributed by atoms with van der Waals surface area (Å²) in [7, 11) is -3.73. The summed E-state index contributed by atoms with van der Waals surface area (Å²) in [6.45, 7) is 0.345. The number of benzene rings is 2. The van der Waals surface area contributed by atoms with Gasteiger partial charge in [-0.1, -0.05) is 6.07 Å². The zero-order valence-corrected chi connectivity index (χ0v) is 11.4. The van der Waals surface area contributed by atoms with Crippen molar-refractivity contribution in [3.63, 3.8) is 0 Å². The second-order valence-corrected chi connectivity index (χ2v) is 6.54. The molecule has 0 aromatic heterocycles. The fraction of sp³-hybridized carbons (Fsp3) is 0.143. The van der Waals surface area contributed by atoms with Crippen molar-refractivity contribution in [3.05, 3.63) is 53.8 Å². The molecule has 0 fully saturated rings. The summed E-state index contributed by atoms with van der Waals surface area (Å²) in [6, 6.07) is 10.2. The van der Waals surface area contributed by atoms with Crippen LogP contribution in [0.2, 0.25) is 0 Å². The third-order valence-corrected chi connectivity index (χ3v) is 5.15. The Morgan fingerprint density at radius 2 is 1.95 bits per heavy atom. The molecule has 0 aliphatic carbocycles. The van der Waals surface area contributed by atoms with Crippen molar-refractivity contribution in [1.82, 2.24) is 0 Å². The van der Waals surface area contributed by atoms with Crippen LogP contribution in [0.3, 0.4) is 0 Å². The number of sulfonamides is 1. The first kappa shape index (κ1) is 12.9. The number of hydrogen-bond acceptors (Lipinski definition) is 3. The normalized spacial score (nSPS) is 14.3. The molecule has 0 saturated carbocycles. The Labute approximate surface area is 116 Å². The molecule has 6 heteroatoms. The van der Waals surface area contributed by atoms with Crippen LogP contribution in [-0.2, 0) is 16.4 Å². The maximum absolute atomic E-state index is 13.2. The van der Waals surface area contributed by atoms with E-state index >= 15 is 0 Å². The maximum atomic E-state index is 13.2. The predicted molar refractivity (Wildman–Crippen MR) is 75.5 cm³/mol. The second-order valence-electron chi connectivity index (χ2n) is 4.67. The fourth-order valence-corrected chi connectivity index (χ4v) is 3.93. The number of nitrogens with zero attached hydrogens (tertiary/aromatic N) is 1. The molecule has 0 bridgehead atoms. The molecule has 0 amide bonds. The minimum atomic E-state index is -3.73. The van der Waals surface area contributed by atoms with Crippen molar-refractivity contribution in [2.75, 3.05) is 16.6 Å². The third kappa shape index (κ3) is 2.02. The first-order valence-electron chi connectivity index (χ1n) is 6.15. The molecule has 1 aliphatic rings. The number of anilines is 2. The quantitative estimate of drug-likeness (QED) is 0.863. The molecule has 0 unspecified atom stereocenters. The highest BCUT2D eigenvalue weighted by atomic mass is 32.2. The van der Waals surface area contributed by atoms with Gasteiger partial charge < -0.3 is 5.73 Å². The molecule has 0 radical (unpaired) electrons. The van der Waals surface area contributed by atoms with Gasteiger partial charge in [0.1, 0.15) is 5.82 Å². The molecular formula is C14H13FN2O2S. The zero-order chi connectivity index (χ0) is 14.3. The SMILES string of the molecule is Nc1ccc2c(c1)CCN2S(=O)(=O)c1cccc(F)c1. The van der Waals surface area contributed by atoms with Crippen molar-refractivity contribution in [2.45, 2.75) is 11.3 Å². The van der Waals surface area contributed by atoms with Gasteiger partial charge in [-0.3, -0.25) is 4.31 Å². The summed E-state index contributed by atoms with van der Waals surface area (Å²) in [6.07, 6.45) is 0.606. The van der Waals surface area contributed by atoms with E-state index in [-0.39, 0.29) is 4.90 Å². The van der Waals surface area contributed by atoms with E-state index in [0.29, 0.717) is 24.3 Å². The van der Waals surface area contributed by atoms with Crippen molar-refractivity contribution in [2.24, 2.45) is 0 Å². The molecule has 2 N–H and O–H groups in total. The van der Waals surface area contributed by atoms with Gasteiger partial charge in [0.05, 0.1) is 10.6 Å². The van der Waals surface area contributed by atoms with E-state index in [1.54, 1.807) is 18.2 Å². The van der Waals surface area contributed by atoms with Gasteiger partial charge in [0.25, 0.3) is 10.0 Å². The van der Waals surface area contributed by atoms with Crippen LogP contribution in [0.1, 0.15) is 5.56 Å². The van der Waals surface area contributed by atoms with Crippen LogP contribution in [0.5, 0.6) is 0 Å². The highest BCUT2D eigenvalue weighted by Gasteiger charge is 2.30. The van der Waals surface area contributed by atoms with Crippen LogP contribution in [0.25, 0.3) is 0 Å². The number of halogens is 1. The molecule has 2 aromatic rings. The lowest BCUT2D eigenvalue weighted by atomic mass is 10.1. The van der Waals surface area contributed by atoms with E-state index < -0.39 is 15.8 Å². The number of fused-ring (bicyclic) bond motifs is 1. The lowest BCUT2D eigenvalue weighted by molar-refractivity contribution is 0.587. The molecule has 0 spiro atoms. The summed E-state index contributed by atoms with van der Waals surface area (Å²) in [4.78, 5) is -0.0397. The summed E-state index contributed by atoms with van der Waals surface area (Å²) in [5.41, 5.74) is 7.81. The number of nitrogens with two attached hydrogens (primary N) is 1. The molecule has 1 heterocycles. The molecule has 0 atom stereocenters. The number of nitrogen functional groups attached to an aromatic ring is 1. The molecule has 1 aliphatic heterocycles. The van der Waals surface area contributed by atoms with E-state index in [9.17, 15) is 12.8 Å². The zero-order valence-electron chi connectivity index (χ0n) is 10.6. The second kappa shape index (κ2) is 4.49. The van der Waals surface area contributed by atoms with E-state index in [4.69, 9.17) is 5.73 Å². The Hall–Kier alpha value is -2.08. The average Bonchev–Trinajstić information content (AvgIpc) is 2.82. The molecule has 4 nitrogen and oxygen atoms in total. The molecule has 2 aromatic carbocycles. The van der Waals surface area contributed by atoms with Gasteiger partial charge in [-0.2, -0.15) is 0 Å². The summed E-state index contributed by atoms with van der Waals surface area (Å²) >= 11 is 0. The Morgan fingerprint density at radius 3 is 2.70 bits per heavy atom. The Balaban J connectivity index is 2.07. The summed E-state index contributed by atoms with van der Waals surface area (Å²) in [5, 5.41) is 0. The smallest absolute Gasteiger partial charge is 0.264 e. The number of hydrogen-bond donors (Lipinski definition) is 1. The highest BCUT2D eigenvalue weighted by molar-refractivity contribution is 7.92. The van der Waals surface area contributed by atoms with Crippen LogP contribution in [0, 0.1) is 5.82 Å². The van der Waals surface area contributed by atoms with Crippen molar-refractivity contribution >= 4 is 21.4 Å². The van der Waals surface area contributed by atoms with Gasteiger partial charge in [-0.25, -0.2) is 12.8 Å². The Bertz CT molecular complexity index is 774. The maximum Gasteiger partial charge on any atom is 0.264 e. The standard InChI is InChI=1S/C14H13FN2O2S/c15-11-2-1-3-13(9-11)20(18,19)17-7-6-10-8-12(16)4-5-14(10)17/h1-5,8-9H,6-7,16H2. The first-order chi connectivity index (χ1) is 9.48. The molecule has 20 heavy (non-hydrogen) atoms. The van der Waals surface area contributed by atoms with Gasteiger partial charge >= 0.3 is 0 Å². The number of rotatable bonds is 2. The van der Waals surface area contributed by atoms with Gasteiger partial charge in [-0.15, -0.1) is 0 Å². The Morgan fingerprint density at radius 1 is 1.15 bits per heavy atom. The topological polar surface area (TPSA) is 63.4 Å². The van der Waals surface area contributed by atoms with E-state index in [1.165, 1.54) is 22.5 Å². The Kier molecular flexibility index (Phi) is 2.90. The monoisotopic (exact) mass is 292 g/mol. The van der Waals surface area contributed by atoms with Gasteiger partial charge in [-0.05, 0) is 48.4 Å². The summed E-state index contributed by atoms with van der Waals surface area (Å²) < 4.78 is 39.7. The van der Waals surface area contributed by atoms with Gasteiger partial charge in [0.2, 0.25) is 0 Å². The van der Waals surface area contributed by atoms with Crippen molar-refractivity contribution < 1.29 is 12.8 Å². The summed E-state index contributed by atoms with van der Waals surface area (Å²) in [5.74, 6) is -0.567. The molecule has 0 saturated heterocycles. The van der Waals surface area contributed by atoms with Crippen LogP contribution < -0.4 is 10.0 Å². The van der Waals surface area contributed by atoms with Crippen molar-refractivity contribution in [1.29, 1.82) is 0 Å². The first-order valence-corrected chi connectivity index (χ1v) is 7.59. The van der Waals surface area contributed by atoms with Crippen LogP contribution in [0.4, 0.5) is 15.8 Å². The van der Waals surface area contributed by atoms with Gasteiger partial charge in [0.15, 0.2) is 0 Å². The minimum Gasteiger partial charge on any atom is -0.399 e. The van der Waals surface area contributed by atoms with Crippen molar-refractivity contribution in [3.8, 4) is 0 Å². The van der Waals surface area contributed by atoms with Gasteiger partial charge in [0, 0.05) is 12.2 Å². The largest absolute Gasteiger partial charge is 0.399 e. The predicted octanol–water partition coefficient (Wildman–Crippen LogP) is 2.16. The van der Waals surface area contributed by atoms with E-state index in [1.807, 2.05) is 0 Å². The third-order valence-electron chi connectivity index (χ3n) is 3.34. The van der Waals surface area contributed by atoms with Crippen LogP contribution >= 0.6 is 0 Å². The lowest BCUT2D eigenvalue weighted by Gasteiger charge is -2.19.